The van der Waals surface area contributed by atoms with Crippen molar-refractivity contribution in [3.05, 3.63) is 56.2 Å². The topological polar surface area (TPSA) is 95.3 Å². The van der Waals surface area contributed by atoms with Crippen LogP contribution in [0.15, 0.2) is 33.9 Å². The smallest absolute Gasteiger partial charge is 0.335 e. The van der Waals surface area contributed by atoms with E-state index in [2.05, 4.69) is 4.98 Å². The van der Waals surface area contributed by atoms with Gasteiger partial charge in [0.25, 0.3) is 5.56 Å². The third-order valence-electron chi connectivity index (χ3n) is 2.91. The van der Waals surface area contributed by atoms with Gasteiger partial charge in [-0.05, 0) is 31.0 Å². The molecule has 0 fully saturated rings. The molecular weight excluding hydrogens is 248 g/mol. The number of nitrogens with zero attached hydrogens (tertiary/aromatic N) is 1. The van der Waals surface area contributed by atoms with Crippen molar-refractivity contribution in [1.82, 2.24) is 9.55 Å². The van der Waals surface area contributed by atoms with Crippen LogP contribution in [0.5, 0.6) is 5.88 Å². The third-order valence-corrected chi connectivity index (χ3v) is 2.91. The van der Waals surface area contributed by atoms with E-state index in [1.54, 1.807) is 24.3 Å². The summed E-state index contributed by atoms with van der Waals surface area (Å²) >= 11 is 0. The molecule has 0 radical (unpaired) electrons. The Labute approximate surface area is 108 Å². The number of H-pyrrole nitrogens is 1. The maximum Gasteiger partial charge on any atom is 0.335 e. The van der Waals surface area contributed by atoms with Gasteiger partial charge in [-0.2, -0.15) is 0 Å². The number of hydrogen-bond donors (Lipinski definition) is 3. The Bertz CT molecular complexity index is 698. The van der Waals surface area contributed by atoms with Crippen LogP contribution in [0, 0.1) is 6.92 Å². The van der Waals surface area contributed by atoms with E-state index in [0.29, 0.717) is 12.1 Å². The van der Waals surface area contributed by atoms with Crippen LogP contribution in [-0.4, -0.2) is 26.4 Å². The number of aromatic hydroxyl groups is 1. The van der Waals surface area contributed by atoms with Gasteiger partial charge in [-0.3, -0.25) is 9.78 Å². The Balaban J connectivity index is 2.56. The van der Waals surface area contributed by atoms with Crippen LogP contribution >= 0.6 is 0 Å². The fourth-order valence-electron chi connectivity index (χ4n) is 1.79. The molecule has 0 unspecified atom stereocenters. The Morgan fingerprint density at radius 2 is 1.84 bits per heavy atom. The number of aliphatic hydroxyl groups is 1. The molecule has 0 aliphatic carbocycles. The average Bonchev–Trinajstić information content (AvgIpc) is 2.38. The number of aromatic nitrogens is 2. The Morgan fingerprint density at radius 3 is 2.42 bits per heavy atom. The highest BCUT2D eigenvalue weighted by molar-refractivity contribution is 5.39. The van der Waals surface area contributed by atoms with E-state index in [-0.39, 0.29) is 18.1 Å². The molecular formula is C13H14N2O4. The summed E-state index contributed by atoms with van der Waals surface area (Å²) < 4.78 is 1.03. The van der Waals surface area contributed by atoms with Crippen LogP contribution in [0.4, 0.5) is 0 Å². The van der Waals surface area contributed by atoms with Crippen LogP contribution < -0.4 is 11.2 Å². The molecule has 0 amide bonds. The summed E-state index contributed by atoms with van der Waals surface area (Å²) in [6, 6.07) is 6.78. The van der Waals surface area contributed by atoms with Gasteiger partial charge in [-0.1, -0.05) is 12.1 Å². The highest BCUT2D eigenvalue weighted by Gasteiger charge is 2.11. The molecule has 1 aromatic heterocycles. The molecule has 0 aliphatic heterocycles. The Hall–Kier alpha value is -2.34. The number of aliphatic hydroxyl groups excluding tert-OH is 1. The summed E-state index contributed by atoms with van der Waals surface area (Å²) in [5, 5.41) is 18.7. The van der Waals surface area contributed by atoms with Crippen LogP contribution in [0.1, 0.15) is 11.1 Å². The first kappa shape index (κ1) is 13.1. The minimum atomic E-state index is -0.692. The van der Waals surface area contributed by atoms with Crippen molar-refractivity contribution in [2.24, 2.45) is 0 Å². The molecule has 2 aromatic rings. The van der Waals surface area contributed by atoms with Crippen molar-refractivity contribution in [3.63, 3.8) is 0 Å². The number of aromatic amines is 1. The van der Waals surface area contributed by atoms with Crippen molar-refractivity contribution in [2.45, 2.75) is 13.3 Å². The standard InChI is InChI=1S/C13H14N2O4/c1-8-11(17)14-13(19)15(12(8)18)10-4-2-9(3-5-10)6-7-16/h2-5,16,18H,6-7H2,1H3,(H,14,17,19). The lowest BCUT2D eigenvalue weighted by molar-refractivity contribution is 0.299. The van der Waals surface area contributed by atoms with Gasteiger partial charge in [0.05, 0.1) is 11.3 Å². The first-order valence-corrected chi connectivity index (χ1v) is 5.79. The van der Waals surface area contributed by atoms with Gasteiger partial charge in [0.2, 0.25) is 5.88 Å². The molecule has 0 saturated carbocycles. The van der Waals surface area contributed by atoms with E-state index in [1.165, 1.54) is 6.92 Å². The third kappa shape index (κ3) is 2.43. The van der Waals surface area contributed by atoms with Crippen LogP contribution in [0.25, 0.3) is 5.69 Å². The molecule has 0 atom stereocenters. The molecule has 0 bridgehead atoms. The summed E-state index contributed by atoms with van der Waals surface area (Å²) in [6.07, 6.45) is 0.520. The monoisotopic (exact) mass is 262 g/mol. The molecule has 0 aliphatic rings. The second-order valence-electron chi connectivity index (χ2n) is 4.18. The van der Waals surface area contributed by atoms with E-state index >= 15 is 0 Å². The number of rotatable bonds is 3. The van der Waals surface area contributed by atoms with Crippen molar-refractivity contribution in [1.29, 1.82) is 0 Å². The zero-order valence-corrected chi connectivity index (χ0v) is 10.4. The molecule has 2 rings (SSSR count). The predicted molar refractivity (Wildman–Crippen MR) is 69.9 cm³/mol. The lowest BCUT2D eigenvalue weighted by atomic mass is 10.1. The van der Waals surface area contributed by atoms with E-state index < -0.39 is 11.2 Å². The first-order valence-electron chi connectivity index (χ1n) is 5.79. The van der Waals surface area contributed by atoms with Crippen LogP contribution in [0.2, 0.25) is 0 Å². The largest absolute Gasteiger partial charge is 0.494 e. The highest BCUT2D eigenvalue weighted by atomic mass is 16.3. The molecule has 100 valence electrons. The van der Waals surface area contributed by atoms with E-state index in [9.17, 15) is 14.7 Å². The Morgan fingerprint density at radius 1 is 1.21 bits per heavy atom. The second kappa shape index (κ2) is 5.11. The maximum atomic E-state index is 11.7. The molecule has 1 heterocycles. The number of hydrogen-bond acceptors (Lipinski definition) is 4. The molecule has 0 saturated heterocycles. The molecule has 3 N–H and O–H groups in total. The normalized spacial score (nSPS) is 10.6. The van der Waals surface area contributed by atoms with Gasteiger partial charge in [-0.15, -0.1) is 0 Å². The molecule has 1 aromatic carbocycles. The second-order valence-corrected chi connectivity index (χ2v) is 4.18. The predicted octanol–water partition coefficient (Wildman–Crippen LogP) is 0.0746. The van der Waals surface area contributed by atoms with Gasteiger partial charge in [-0.25, -0.2) is 9.36 Å². The molecule has 0 spiro atoms. The summed E-state index contributed by atoms with van der Waals surface area (Å²) in [6.45, 7) is 1.48. The molecule has 19 heavy (non-hydrogen) atoms. The van der Waals surface area contributed by atoms with Crippen LogP contribution in [-0.2, 0) is 6.42 Å². The van der Waals surface area contributed by atoms with Gasteiger partial charge in [0.15, 0.2) is 0 Å². The lowest BCUT2D eigenvalue weighted by Gasteiger charge is -2.10. The van der Waals surface area contributed by atoms with Crippen molar-refractivity contribution < 1.29 is 10.2 Å². The summed E-state index contributed by atoms with van der Waals surface area (Å²) in [5.74, 6) is -0.372. The number of benzene rings is 1. The van der Waals surface area contributed by atoms with Gasteiger partial charge in [0, 0.05) is 6.61 Å². The van der Waals surface area contributed by atoms with Gasteiger partial charge in [0.1, 0.15) is 0 Å². The first-order chi connectivity index (χ1) is 9.04. The molecule has 6 nitrogen and oxygen atoms in total. The fourth-order valence-corrected chi connectivity index (χ4v) is 1.79. The van der Waals surface area contributed by atoms with Gasteiger partial charge >= 0.3 is 5.69 Å². The summed E-state index contributed by atoms with van der Waals surface area (Å²) in [7, 11) is 0. The van der Waals surface area contributed by atoms with E-state index in [0.717, 1.165) is 10.1 Å². The SMILES string of the molecule is Cc1c(O)n(-c2ccc(CCO)cc2)c(=O)[nH]c1=O. The number of nitrogens with one attached hydrogen (secondary N) is 1. The quantitative estimate of drug-likeness (QED) is 0.729. The maximum absolute atomic E-state index is 11.7. The fraction of sp³-hybridized carbons (Fsp3) is 0.231. The minimum Gasteiger partial charge on any atom is -0.494 e. The Kier molecular flexibility index (Phi) is 3.52. The van der Waals surface area contributed by atoms with Gasteiger partial charge < -0.3 is 10.2 Å². The van der Waals surface area contributed by atoms with E-state index in [4.69, 9.17) is 5.11 Å². The van der Waals surface area contributed by atoms with Crippen molar-refractivity contribution >= 4 is 0 Å². The van der Waals surface area contributed by atoms with Crippen LogP contribution in [0.3, 0.4) is 0 Å². The van der Waals surface area contributed by atoms with Crippen molar-refractivity contribution in [3.8, 4) is 11.6 Å². The zero-order chi connectivity index (χ0) is 14.0. The zero-order valence-electron chi connectivity index (χ0n) is 10.4. The summed E-state index contributed by atoms with van der Waals surface area (Å²) in [5.41, 5.74) is 0.154. The van der Waals surface area contributed by atoms with E-state index in [1.807, 2.05) is 0 Å². The molecule has 6 heteroatoms. The average molecular weight is 262 g/mol. The van der Waals surface area contributed by atoms with Crippen molar-refractivity contribution in [2.75, 3.05) is 6.61 Å². The lowest BCUT2D eigenvalue weighted by Crippen LogP contribution is -2.30. The highest BCUT2D eigenvalue weighted by Crippen LogP contribution is 2.16. The summed E-state index contributed by atoms with van der Waals surface area (Å²) in [4.78, 5) is 25.2. The minimum absolute atomic E-state index is 0.0440.